The molecule has 5 nitrogen and oxygen atoms in total. The molecule has 1 amide bonds. The van der Waals surface area contributed by atoms with Crippen LogP contribution in [-0.2, 0) is 5.41 Å². The maximum absolute atomic E-state index is 13.1. The number of nitrogens with one attached hydrogen (secondary N) is 1. The number of aromatic nitrogens is 3. The predicted octanol–water partition coefficient (Wildman–Crippen LogP) is 5.48. The van der Waals surface area contributed by atoms with E-state index in [-0.39, 0.29) is 17.1 Å². The second kappa shape index (κ2) is 7.08. The molecule has 4 rings (SSSR count). The summed E-state index contributed by atoms with van der Waals surface area (Å²) in [7, 11) is 0. The molecule has 4 aromatic rings. The number of carbonyl (C=O) groups is 1. The normalized spacial score (nSPS) is 11.8. The number of aryl methyl sites for hydroxylation is 1. The van der Waals surface area contributed by atoms with Crippen molar-refractivity contribution in [3.63, 3.8) is 0 Å². The number of hydrogen-bond donors (Lipinski definition) is 1. The van der Waals surface area contributed by atoms with Gasteiger partial charge in [0.15, 0.2) is 0 Å². The van der Waals surface area contributed by atoms with Crippen molar-refractivity contribution in [1.29, 1.82) is 0 Å². The van der Waals surface area contributed by atoms with Gasteiger partial charge in [-0.25, -0.2) is 9.37 Å². The van der Waals surface area contributed by atoms with E-state index < -0.39 is 0 Å². The Morgan fingerprint density at radius 2 is 1.83 bits per heavy atom. The van der Waals surface area contributed by atoms with Crippen LogP contribution >= 0.6 is 11.3 Å². The number of benzene rings is 2. The smallest absolute Gasteiger partial charge is 0.256 e. The average Bonchev–Trinajstić information content (AvgIpc) is 3.23. The number of rotatable bonds is 3. The van der Waals surface area contributed by atoms with Crippen LogP contribution < -0.4 is 5.32 Å². The van der Waals surface area contributed by atoms with E-state index >= 15 is 0 Å². The van der Waals surface area contributed by atoms with Gasteiger partial charge in [0.05, 0.1) is 15.9 Å². The number of halogens is 1. The van der Waals surface area contributed by atoms with Crippen molar-refractivity contribution >= 4 is 33.3 Å². The lowest BCUT2D eigenvalue weighted by Crippen LogP contribution is -2.15. The zero-order valence-electron chi connectivity index (χ0n) is 16.7. The highest BCUT2D eigenvalue weighted by Gasteiger charge is 2.18. The molecular formula is C22H21FN4OS. The van der Waals surface area contributed by atoms with E-state index in [9.17, 15) is 9.18 Å². The first-order valence-corrected chi connectivity index (χ1v) is 10.1. The number of fused-ring (bicyclic) bond motifs is 1. The third kappa shape index (κ3) is 3.91. The van der Waals surface area contributed by atoms with Crippen molar-refractivity contribution < 1.29 is 9.18 Å². The van der Waals surface area contributed by atoms with Gasteiger partial charge < -0.3 is 5.32 Å². The summed E-state index contributed by atoms with van der Waals surface area (Å²) in [6.45, 7) is 8.39. The molecule has 0 radical (unpaired) electrons. The van der Waals surface area contributed by atoms with E-state index in [1.807, 2.05) is 13.0 Å². The maximum atomic E-state index is 13.1. The quantitative estimate of drug-likeness (QED) is 0.488. The topological polar surface area (TPSA) is 59.8 Å². The number of hydrogen-bond acceptors (Lipinski definition) is 4. The monoisotopic (exact) mass is 408 g/mol. The molecule has 0 spiro atoms. The second-order valence-corrected chi connectivity index (χ2v) is 8.98. The molecule has 7 heteroatoms. The molecule has 0 unspecified atom stereocenters. The molecule has 2 aromatic heterocycles. The van der Waals surface area contributed by atoms with Crippen molar-refractivity contribution in [2.24, 2.45) is 0 Å². The molecule has 0 fully saturated rings. The Labute approximate surface area is 172 Å². The molecule has 0 atom stereocenters. The second-order valence-electron chi connectivity index (χ2n) is 7.97. The molecule has 0 bridgehead atoms. The summed E-state index contributed by atoms with van der Waals surface area (Å²) in [6, 6.07) is 13.5. The van der Waals surface area contributed by atoms with E-state index in [0.29, 0.717) is 16.5 Å². The third-order valence-corrected chi connectivity index (χ3v) is 5.60. The summed E-state index contributed by atoms with van der Waals surface area (Å²) in [6.07, 6.45) is 0. The molecule has 29 heavy (non-hydrogen) atoms. The minimum atomic E-state index is -0.383. The first-order valence-electron chi connectivity index (χ1n) is 9.26. The van der Waals surface area contributed by atoms with Gasteiger partial charge in [0.2, 0.25) is 5.13 Å². The van der Waals surface area contributed by atoms with Crippen LogP contribution in [0, 0.1) is 12.7 Å². The minimum absolute atomic E-state index is 0.0505. The molecule has 0 saturated carbocycles. The van der Waals surface area contributed by atoms with Crippen molar-refractivity contribution in [1.82, 2.24) is 14.8 Å². The fraction of sp³-hybridized carbons (Fsp3) is 0.227. The molecule has 2 heterocycles. The van der Waals surface area contributed by atoms with E-state index in [1.54, 1.807) is 10.7 Å². The van der Waals surface area contributed by atoms with Crippen LogP contribution in [0.3, 0.4) is 0 Å². The molecule has 1 N–H and O–H groups in total. The summed E-state index contributed by atoms with van der Waals surface area (Å²) in [5.74, 6) is -0.194. The van der Waals surface area contributed by atoms with Crippen LogP contribution in [0.15, 0.2) is 48.5 Å². The predicted molar refractivity (Wildman–Crippen MR) is 115 cm³/mol. The lowest BCUT2D eigenvalue weighted by molar-refractivity contribution is 0.102. The highest BCUT2D eigenvalue weighted by Crippen LogP contribution is 2.31. The number of amides is 1. The van der Waals surface area contributed by atoms with Gasteiger partial charge in [0, 0.05) is 11.6 Å². The number of carbonyl (C=O) groups excluding carboxylic acids is 1. The zero-order valence-corrected chi connectivity index (χ0v) is 17.5. The lowest BCUT2D eigenvalue weighted by atomic mass is 9.87. The third-order valence-electron chi connectivity index (χ3n) is 4.60. The van der Waals surface area contributed by atoms with Gasteiger partial charge in [-0.15, -0.1) is 0 Å². The van der Waals surface area contributed by atoms with Gasteiger partial charge in [-0.1, -0.05) is 38.2 Å². The largest absolute Gasteiger partial charge is 0.306 e. The molecule has 148 valence electrons. The van der Waals surface area contributed by atoms with Gasteiger partial charge in [0.1, 0.15) is 11.6 Å². The summed E-state index contributed by atoms with van der Waals surface area (Å²) in [5.41, 5.74) is 3.31. The van der Waals surface area contributed by atoms with Crippen LogP contribution in [0.2, 0.25) is 0 Å². The highest BCUT2D eigenvalue weighted by molar-refractivity contribution is 7.20. The lowest BCUT2D eigenvalue weighted by Gasteiger charge is -2.18. The van der Waals surface area contributed by atoms with E-state index in [2.05, 4.69) is 48.3 Å². The summed E-state index contributed by atoms with van der Waals surface area (Å²) < 4.78 is 15.8. The van der Waals surface area contributed by atoms with Crippen molar-refractivity contribution in [3.05, 3.63) is 71.2 Å². The van der Waals surface area contributed by atoms with Crippen molar-refractivity contribution in [2.75, 3.05) is 5.32 Å². The van der Waals surface area contributed by atoms with E-state index in [4.69, 9.17) is 0 Å². The standard InChI is InChI=1S/C22H21FN4OS/c1-13-11-19(25-20(28)14-5-8-16(23)9-6-14)27(26-13)21-24-17-10-7-15(22(2,3)4)12-18(17)29-21/h5-12H,1-4H3,(H,25,28). The van der Waals surface area contributed by atoms with Gasteiger partial charge in [-0.05, 0) is 54.3 Å². The summed E-state index contributed by atoms with van der Waals surface area (Å²) in [5, 5.41) is 8.02. The highest BCUT2D eigenvalue weighted by atomic mass is 32.1. The first-order chi connectivity index (χ1) is 13.7. The molecule has 0 saturated heterocycles. The Hall–Kier alpha value is -3.06. The molecular weight excluding hydrogens is 387 g/mol. The average molecular weight is 409 g/mol. The fourth-order valence-electron chi connectivity index (χ4n) is 2.99. The van der Waals surface area contributed by atoms with E-state index in [1.165, 1.54) is 41.2 Å². The van der Waals surface area contributed by atoms with Crippen LogP contribution in [0.25, 0.3) is 15.3 Å². The molecule has 0 aliphatic heterocycles. The fourth-order valence-corrected chi connectivity index (χ4v) is 3.96. The maximum Gasteiger partial charge on any atom is 0.256 e. The van der Waals surface area contributed by atoms with Crippen molar-refractivity contribution in [3.8, 4) is 5.13 Å². The van der Waals surface area contributed by atoms with Crippen molar-refractivity contribution in [2.45, 2.75) is 33.1 Å². The van der Waals surface area contributed by atoms with Crippen LogP contribution in [0.4, 0.5) is 10.2 Å². The Morgan fingerprint density at radius 1 is 1.10 bits per heavy atom. The SMILES string of the molecule is Cc1cc(NC(=O)c2ccc(F)cc2)n(-c2nc3ccc(C(C)(C)C)cc3s2)n1. The number of anilines is 1. The van der Waals surface area contributed by atoms with Crippen LogP contribution in [0.1, 0.15) is 42.4 Å². The van der Waals surface area contributed by atoms with Crippen LogP contribution in [0.5, 0.6) is 0 Å². The Bertz CT molecular complexity index is 1200. The molecule has 2 aromatic carbocycles. The minimum Gasteiger partial charge on any atom is -0.306 e. The Kier molecular flexibility index (Phi) is 4.70. The van der Waals surface area contributed by atoms with Gasteiger partial charge >= 0.3 is 0 Å². The summed E-state index contributed by atoms with van der Waals surface area (Å²) in [4.78, 5) is 17.2. The van der Waals surface area contributed by atoms with E-state index in [0.717, 1.165) is 15.9 Å². The number of thiazole rings is 1. The Morgan fingerprint density at radius 3 is 2.52 bits per heavy atom. The first kappa shape index (κ1) is 19.3. The van der Waals surface area contributed by atoms with Gasteiger partial charge in [0.25, 0.3) is 5.91 Å². The zero-order chi connectivity index (χ0) is 20.8. The number of nitrogens with zero attached hydrogens (tertiary/aromatic N) is 3. The van der Waals surface area contributed by atoms with Crippen LogP contribution in [-0.4, -0.2) is 20.7 Å². The molecule has 0 aliphatic rings. The Balaban J connectivity index is 1.69. The van der Waals surface area contributed by atoms with Gasteiger partial charge in [-0.3, -0.25) is 4.79 Å². The molecule has 0 aliphatic carbocycles. The van der Waals surface area contributed by atoms with Gasteiger partial charge in [-0.2, -0.15) is 9.78 Å². The summed E-state index contributed by atoms with van der Waals surface area (Å²) >= 11 is 1.52.